The second kappa shape index (κ2) is 9.14. The van der Waals surface area contributed by atoms with Gasteiger partial charge in [0.25, 0.3) is 0 Å². The molecule has 0 saturated heterocycles. The molecule has 142 valence electrons. The lowest BCUT2D eigenvalue weighted by molar-refractivity contribution is 0.476. The second-order valence-corrected chi connectivity index (χ2v) is 8.81. The first-order chi connectivity index (χ1) is 13.0. The molecule has 3 aromatic rings. The van der Waals surface area contributed by atoms with E-state index in [9.17, 15) is 0 Å². The van der Waals surface area contributed by atoms with Crippen LogP contribution < -0.4 is 5.32 Å². The van der Waals surface area contributed by atoms with Crippen LogP contribution in [0.5, 0.6) is 0 Å². The molecular weight excluding hydrogens is 424 g/mol. The highest BCUT2D eigenvalue weighted by Gasteiger charge is 2.11. The summed E-state index contributed by atoms with van der Waals surface area (Å²) in [5.74, 6) is 2.61. The Bertz CT molecular complexity index is 902. The molecule has 0 saturated carbocycles. The van der Waals surface area contributed by atoms with Crippen LogP contribution in [0.1, 0.15) is 22.1 Å². The van der Waals surface area contributed by atoms with Gasteiger partial charge in [0.2, 0.25) is 0 Å². The van der Waals surface area contributed by atoms with Crippen molar-refractivity contribution in [3.8, 4) is 0 Å². The topological polar surface area (TPSA) is 58.3 Å². The van der Waals surface area contributed by atoms with E-state index in [0.717, 1.165) is 27.9 Å². The summed E-state index contributed by atoms with van der Waals surface area (Å²) in [5, 5.41) is 11.8. The fraction of sp³-hybridized carbons (Fsp3) is 0.316. The van der Waals surface area contributed by atoms with E-state index in [1.165, 1.54) is 10.4 Å². The molecule has 1 aromatic carbocycles. The minimum Gasteiger partial charge on any atom is -0.349 e. The number of aliphatic imine (C=N–C) groups is 1. The minimum absolute atomic E-state index is 0.573. The van der Waals surface area contributed by atoms with Crippen molar-refractivity contribution in [3.63, 3.8) is 0 Å². The molecule has 0 fully saturated rings. The minimum atomic E-state index is 0.573. The van der Waals surface area contributed by atoms with Crippen molar-refractivity contribution in [2.24, 2.45) is 12.0 Å². The van der Waals surface area contributed by atoms with Crippen molar-refractivity contribution >= 4 is 33.2 Å². The van der Waals surface area contributed by atoms with Gasteiger partial charge >= 0.3 is 0 Å². The number of aromatic nitrogens is 3. The Morgan fingerprint density at radius 2 is 2.00 bits per heavy atom. The van der Waals surface area contributed by atoms with Gasteiger partial charge in [-0.3, -0.25) is 0 Å². The highest BCUT2D eigenvalue weighted by molar-refractivity contribution is 9.11. The predicted molar refractivity (Wildman–Crippen MR) is 114 cm³/mol. The number of halogens is 1. The van der Waals surface area contributed by atoms with E-state index in [-0.39, 0.29) is 0 Å². The SMILES string of the molecule is Cc1nnc(CNC(=NCc2ccccc2)N(C)Cc2ccc(Br)s2)n1C. The summed E-state index contributed by atoms with van der Waals surface area (Å²) in [7, 11) is 4.02. The third-order valence-corrected chi connectivity index (χ3v) is 5.83. The first-order valence-corrected chi connectivity index (χ1v) is 10.3. The van der Waals surface area contributed by atoms with Crippen LogP contribution in [-0.2, 0) is 26.7 Å². The van der Waals surface area contributed by atoms with E-state index < -0.39 is 0 Å². The van der Waals surface area contributed by atoms with Gasteiger partial charge in [0, 0.05) is 19.0 Å². The van der Waals surface area contributed by atoms with Crippen molar-refractivity contribution in [1.82, 2.24) is 25.0 Å². The van der Waals surface area contributed by atoms with E-state index in [2.05, 4.69) is 60.6 Å². The molecule has 8 heteroatoms. The van der Waals surface area contributed by atoms with E-state index >= 15 is 0 Å². The van der Waals surface area contributed by atoms with Crippen LogP contribution in [0.25, 0.3) is 0 Å². The number of hydrogen-bond acceptors (Lipinski definition) is 4. The number of guanidine groups is 1. The van der Waals surface area contributed by atoms with Gasteiger partial charge in [-0.15, -0.1) is 21.5 Å². The van der Waals surface area contributed by atoms with Crippen LogP contribution in [0, 0.1) is 6.92 Å². The Hall–Kier alpha value is -2.19. The molecule has 2 aromatic heterocycles. The lowest BCUT2D eigenvalue weighted by Crippen LogP contribution is -2.38. The van der Waals surface area contributed by atoms with Gasteiger partial charge < -0.3 is 14.8 Å². The number of aryl methyl sites for hydroxylation is 1. The maximum atomic E-state index is 4.82. The summed E-state index contributed by atoms with van der Waals surface area (Å²) in [6.07, 6.45) is 0. The Kier molecular flexibility index (Phi) is 6.63. The van der Waals surface area contributed by atoms with Crippen LogP contribution >= 0.6 is 27.3 Å². The van der Waals surface area contributed by atoms with Crippen molar-refractivity contribution in [2.75, 3.05) is 7.05 Å². The smallest absolute Gasteiger partial charge is 0.194 e. The average Bonchev–Trinajstić information content (AvgIpc) is 3.22. The Labute approximate surface area is 172 Å². The molecule has 0 amide bonds. The predicted octanol–water partition coefficient (Wildman–Crippen LogP) is 3.73. The van der Waals surface area contributed by atoms with E-state index in [1.54, 1.807) is 11.3 Å². The molecule has 0 bridgehead atoms. The van der Waals surface area contributed by atoms with Gasteiger partial charge in [0.05, 0.1) is 23.4 Å². The molecule has 27 heavy (non-hydrogen) atoms. The van der Waals surface area contributed by atoms with Gasteiger partial charge in [0.15, 0.2) is 11.8 Å². The number of nitrogens with zero attached hydrogens (tertiary/aromatic N) is 5. The van der Waals surface area contributed by atoms with Gasteiger partial charge in [-0.2, -0.15) is 0 Å². The summed E-state index contributed by atoms with van der Waals surface area (Å²) < 4.78 is 3.12. The maximum absolute atomic E-state index is 4.82. The zero-order chi connectivity index (χ0) is 19.2. The molecule has 0 aliphatic carbocycles. The van der Waals surface area contributed by atoms with Crippen molar-refractivity contribution in [3.05, 3.63) is 68.3 Å². The molecule has 1 N–H and O–H groups in total. The molecule has 6 nitrogen and oxygen atoms in total. The zero-order valence-corrected chi connectivity index (χ0v) is 18.1. The van der Waals surface area contributed by atoms with Crippen molar-refractivity contribution in [2.45, 2.75) is 26.6 Å². The normalized spacial score (nSPS) is 11.6. The monoisotopic (exact) mass is 446 g/mol. The fourth-order valence-electron chi connectivity index (χ4n) is 2.57. The van der Waals surface area contributed by atoms with E-state index in [0.29, 0.717) is 13.1 Å². The molecule has 0 aliphatic heterocycles. The lowest BCUT2D eigenvalue weighted by Gasteiger charge is -2.22. The maximum Gasteiger partial charge on any atom is 0.194 e. The summed E-state index contributed by atoms with van der Waals surface area (Å²) >= 11 is 5.26. The summed E-state index contributed by atoms with van der Waals surface area (Å²) in [5.41, 5.74) is 1.18. The van der Waals surface area contributed by atoms with Gasteiger partial charge in [-0.25, -0.2) is 4.99 Å². The Balaban J connectivity index is 1.73. The largest absolute Gasteiger partial charge is 0.349 e. The summed E-state index contributed by atoms with van der Waals surface area (Å²) in [6, 6.07) is 14.5. The van der Waals surface area contributed by atoms with Crippen LogP contribution in [0.15, 0.2) is 51.2 Å². The average molecular weight is 447 g/mol. The molecular formula is C19H23BrN6S. The van der Waals surface area contributed by atoms with Crippen molar-refractivity contribution < 1.29 is 0 Å². The fourth-order valence-corrected chi connectivity index (χ4v) is 4.11. The van der Waals surface area contributed by atoms with E-state index in [1.807, 2.05) is 43.8 Å². The first kappa shape index (κ1) is 19.6. The first-order valence-electron chi connectivity index (χ1n) is 8.65. The number of benzene rings is 1. The number of nitrogens with one attached hydrogen (secondary N) is 1. The Morgan fingerprint density at radius 3 is 2.63 bits per heavy atom. The van der Waals surface area contributed by atoms with Gasteiger partial charge in [0.1, 0.15) is 5.82 Å². The zero-order valence-electron chi connectivity index (χ0n) is 15.7. The molecule has 3 rings (SSSR count). The molecule has 0 atom stereocenters. The molecule has 0 spiro atoms. The Morgan fingerprint density at radius 1 is 1.22 bits per heavy atom. The van der Waals surface area contributed by atoms with Crippen LogP contribution in [0.4, 0.5) is 0 Å². The standard InChI is InChI=1S/C19H23BrN6S/c1-14-23-24-18(26(14)3)12-22-19(21-11-15-7-5-4-6-8-15)25(2)13-16-9-10-17(20)27-16/h4-10H,11-13H2,1-3H3,(H,21,22). The lowest BCUT2D eigenvalue weighted by atomic mass is 10.2. The van der Waals surface area contributed by atoms with E-state index in [4.69, 9.17) is 4.99 Å². The van der Waals surface area contributed by atoms with Crippen LogP contribution in [0.3, 0.4) is 0 Å². The number of rotatable bonds is 6. The molecule has 2 heterocycles. The quantitative estimate of drug-likeness (QED) is 0.462. The molecule has 0 unspecified atom stereocenters. The molecule has 0 radical (unpaired) electrons. The molecule has 0 aliphatic rings. The summed E-state index contributed by atoms with van der Waals surface area (Å²) in [6.45, 7) is 3.93. The van der Waals surface area contributed by atoms with Crippen LogP contribution in [0.2, 0.25) is 0 Å². The second-order valence-electron chi connectivity index (χ2n) is 6.26. The van der Waals surface area contributed by atoms with Crippen molar-refractivity contribution in [1.29, 1.82) is 0 Å². The third kappa shape index (κ3) is 5.40. The van der Waals surface area contributed by atoms with Gasteiger partial charge in [-0.1, -0.05) is 30.3 Å². The number of thiophene rings is 1. The third-order valence-electron chi connectivity index (χ3n) is 4.23. The summed E-state index contributed by atoms with van der Waals surface area (Å²) in [4.78, 5) is 8.22. The highest BCUT2D eigenvalue weighted by Crippen LogP contribution is 2.23. The number of hydrogen-bond donors (Lipinski definition) is 1. The highest BCUT2D eigenvalue weighted by atomic mass is 79.9. The van der Waals surface area contributed by atoms with Crippen LogP contribution in [-0.4, -0.2) is 32.7 Å². The van der Waals surface area contributed by atoms with Gasteiger partial charge in [-0.05, 0) is 40.5 Å².